The van der Waals surface area contributed by atoms with Crippen LogP contribution in [0.3, 0.4) is 0 Å². The molecule has 0 aromatic carbocycles. The van der Waals surface area contributed by atoms with E-state index in [9.17, 15) is 4.79 Å². The quantitative estimate of drug-likeness (QED) is 0.583. The molecule has 4 heterocycles. The van der Waals surface area contributed by atoms with Crippen LogP contribution in [-0.4, -0.2) is 67.7 Å². The smallest absolute Gasteiger partial charge is 0.257 e. The van der Waals surface area contributed by atoms with Gasteiger partial charge in [-0.2, -0.15) is 5.10 Å². The fourth-order valence-corrected chi connectivity index (χ4v) is 4.58. The van der Waals surface area contributed by atoms with E-state index in [1.54, 1.807) is 23.3 Å². The van der Waals surface area contributed by atoms with Crippen molar-refractivity contribution < 1.29 is 9.21 Å². The molecule has 3 aromatic heterocycles. The Morgan fingerprint density at radius 3 is 2.77 bits per heavy atom. The van der Waals surface area contributed by atoms with Gasteiger partial charge >= 0.3 is 0 Å². The van der Waals surface area contributed by atoms with Gasteiger partial charge in [-0.3, -0.25) is 9.69 Å². The van der Waals surface area contributed by atoms with Crippen LogP contribution in [0, 0.1) is 0 Å². The number of likely N-dealkylation sites (N-methyl/N-ethyl adjacent to an activating group) is 1. The van der Waals surface area contributed by atoms with Gasteiger partial charge in [-0.15, -0.1) is 0 Å². The summed E-state index contributed by atoms with van der Waals surface area (Å²) in [5, 5.41) is 4.55. The molecule has 1 saturated carbocycles. The number of amides is 1. The Labute approximate surface area is 181 Å². The van der Waals surface area contributed by atoms with E-state index in [0.29, 0.717) is 34.9 Å². The summed E-state index contributed by atoms with van der Waals surface area (Å²) in [7, 11) is 0. The molecule has 162 valence electrons. The van der Waals surface area contributed by atoms with E-state index in [-0.39, 0.29) is 5.91 Å². The summed E-state index contributed by atoms with van der Waals surface area (Å²) in [6, 6.07) is 5.95. The summed E-state index contributed by atoms with van der Waals surface area (Å²) in [4.78, 5) is 26.9. The van der Waals surface area contributed by atoms with Crippen molar-refractivity contribution in [2.75, 3.05) is 26.2 Å². The highest BCUT2D eigenvalue weighted by atomic mass is 16.3. The first-order chi connectivity index (χ1) is 15.2. The first-order valence-electron chi connectivity index (χ1n) is 11.2. The predicted octanol–water partition coefficient (Wildman–Crippen LogP) is 3.36. The molecule has 5 rings (SSSR count). The second kappa shape index (κ2) is 8.26. The van der Waals surface area contributed by atoms with Crippen LogP contribution >= 0.6 is 0 Å². The van der Waals surface area contributed by atoms with Crippen LogP contribution in [0.15, 0.2) is 41.3 Å². The van der Waals surface area contributed by atoms with Crippen LogP contribution < -0.4 is 0 Å². The topological polar surface area (TPSA) is 80.3 Å². The maximum absolute atomic E-state index is 13.4. The molecule has 3 aromatic rings. The van der Waals surface area contributed by atoms with E-state index in [1.807, 2.05) is 23.1 Å². The Bertz CT molecular complexity index is 1050. The number of hydrogen-bond acceptors (Lipinski definition) is 6. The molecule has 1 unspecified atom stereocenters. The van der Waals surface area contributed by atoms with Gasteiger partial charge in [0.2, 0.25) is 0 Å². The Morgan fingerprint density at radius 2 is 2.06 bits per heavy atom. The maximum Gasteiger partial charge on any atom is 0.257 e. The highest BCUT2D eigenvalue weighted by Crippen LogP contribution is 2.42. The summed E-state index contributed by atoms with van der Waals surface area (Å²) in [5.41, 5.74) is 2.32. The summed E-state index contributed by atoms with van der Waals surface area (Å²) in [6.45, 7) is 7.95. The van der Waals surface area contributed by atoms with E-state index < -0.39 is 0 Å². The zero-order valence-corrected chi connectivity index (χ0v) is 18.1. The highest BCUT2D eigenvalue weighted by molar-refractivity contribution is 5.95. The molecule has 0 bridgehead atoms. The SMILES string of the molecule is CCN(CC)C1CCN(C(=O)c2cnn(-c3nccc(-c4ccco4)n3)c2C2CC2)C1. The molecule has 0 spiro atoms. The predicted molar refractivity (Wildman–Crippen MR) is 116 cm³/mol. The molecule has 1 aliphatic heterocycles. The number of rotatable bonds is 7. The first kappa shape index (κ1) is 19.9. The molecule has 0 N–H and O–H groups in total. The molecule has 2 fully saturated rings. The average Bonchev–Trinajstić information content (AvgIpc) is 3.21. The maximum atomic E-state index is 13.4. The zero-order chi connectivity index (χ0) is 21.4. The van der Waals surface area contributed by atoms with Gasteiger partial charge in [0.25, 0.3) is 11.9 Å². The number of hydrogen-bond donors (Lipinski definition) is 0. The minimum atomic E-state index is 0.0741. The van der Waals surface area contributed by atoms with Gasteiger partial charge in [0, 0.05) is 31.2 Å². The monoisotopic (exact) mass is 420 g/mol. The van der Waals surface area contributed by atoms with E-state index in [0.717, 1.165) is 51.1 Å². The van der Waals surface area contributed by atoms with Crippen molar-refractivity contribution >= 4 is 5.91 Å². The summed E-state index contributed by atoms with van der Waals surface area (Å²) in [5.74, 6) is 1.56. The summed E-state index contributed by atoms with van der Waals surface area (Å²) < 4.78 is 7.22. The van der Waals surface area contributed by atoms with Gasteiger partial charge in [0.05, 0.1) is 23.7 Å². The van der Waals surface area contributed by atoms with Crippen LogP contribution in [0.5, 0.6) is 0 Å². The Morgan fingerprint density at radius 1 is 1.23 bits per heavy atom. The minimum absolute atomic E-state index is 0.0741. The van der Waals surface area contributed by atoms with Crippen molar-refractivity contribution in [3.63, 3.8) is 0 Å². The second-order valence-electron chi connectivity index (χ2n) is 8.26. The van der Waals surface area contributed by atoms with Crippen LogP contribution in [-0.2, 0) is 0 Å². The molecule has 0 radical (unpaired) electrons. The number of furan rings is 1. The van der Waals surface area contributed by atoms with Crippen molar-refractivity contribution in [2.24, 2.45) is 0 Å². The third-order valence-electron chi connectivity index (χ3n) is 6.39. The van der Waals surface area contributed by atoms with Gasteiger partial charge in [-0.25, -0.2) is 14.6 Å². The van der Waals surface area contributed by atoms with Gasteiger partial charge in [0.15, 0.2) is 5.76 Å². The van der Waals surface area contributed by atoms with Crippen molar-refractivity contribution in [2.45, 2.75) is 45.1 Å². The molecule has 31 heavy (non-hydrogen) atoms. The summed E-state index contributed by atoms with van der Waals surface area (Å²) in [6.07, 6.45) is 8.17. The van der Waals surface area contributed by atoms with Gasteiger partial charge in [-0.05, 0) is 50.6 Å². The Hall–Kier alpha value is -3.00. The third-order valence-corrected chi connectivity index (χ3v) is 6.39. The van der Waals surface area contributed by atoms with Crippen molar-refractivity contribution in [1.82, 2.24) is 29.5 Å². The number of carbonyl (C=O) groups is 1. The fraction of sp³-hybridized carbons (Fsp3) is 0.478. The van der Waals surface area contributed by atoms with Gasteiger partial charge < -0.3 is 9.32 Å². The minimum Gasteiger partial charge on any atom is -0.463 e. The lowest BCUT2D eigenvalue weighted by molar-refractivity contribution is 0.0776. The molecule has 8 heteroatoms. The normalized spacial score (nSPS) is 18.8. The summed E-state index contributed by atoms with van der Waals surface area (Å²) >= 11 is 0. The Kier molecular flexibility index (Phi) is 5.31. The van der Waals surface area contributed by atoms with Gasteiger partial charge in [-0.1, -0.05) is 13.8 Å². The van der Waals surface area contributed by atoms with Crippen molar-refractivity contribution in [3.8, 4) is 17.4 Å². The standard InChI is InChI=1S/C23H28N6O2/c1-3-27(4-2)17-10-12-28(15-17)22(30)18-14-25-29(21(18)16-7-8-16)23-24-11-9-19(26-23)20-6-5-13-31-20/h5-6,9,11,13-14,16-17H,3-4,7-8,10,12,15H2,1-2H3. The molecule has 1 atom stereocenters. The van der Waals surface area contributed by atoms with Gasteiger partial charge in [0.1, 0.15) is 5.69 Å². The number of nitrogens with zero attached hydrogens (tertiary/aromatic N) is 6. The number of aromatic nitrogens is 4. The average molecular weight is 421 g/mol. The van der Waals surface area contributed by atoms with E-state index >= 15 is 0 Å². The molecule has 1 amide bonds. The number of carbonyl (C=O) groups excluding carboxylic acids is 1. The molecular formula is C23H28N6O2. The molecule has 1 saturated heterocycles. The van der Waals surface area contributed by atoms with E-state index in [2.05, 4.69) is 33.8 Å². The third kappa shape index (κ3) is 3.76. The van der Waals surface area contributed by atoms with Crippen molar-refractivity contribution in [1.29, 1.82) is 0 Å². The lowest BCUT2D eigenvalue weighted by Gasteiger charge is -2.26. The van der Waals surface area contributed by atoms with Crippen molar-refractivity contribution in [3.05, 3.63) is 48.1 Å². The largest absolute Gasteiger partial charge is 0.463 e. The highest BCUT2D eigenvalue weighted by Gasteiger charge is 2.37. The zero-order valence-electron chi connectivity index (χ0n) is 18.1. The lowest BCUT2D eigenvalue weighted by atomic mass is 10.1. The van der Waals surface area contributed by atoms with E-state index in [1.165, 1.54) is 0 Å². The Balaban J connectivity index is 1.44. The van der Waals surface area contributed by atoms with Crippen LogP contribution in [0.1, 0.15) is 55.1 Å². The molecule has 1 aliphatic carbocycles. The van der Waals surface area contributed by atoms with Crippen LogP contribution in [0.25, 0.3) is 17.4 Å². The van der Waals surface area contributed by atoms with Crippen LogP contribution in [0.2, 0.25) is 0 Å². The number of likely N-dealkylation sites (tertiary alicyclic amines) is 1. The lowest BCUT2D eigenvalue weighted by Crippen LogP contribution is -2.38. The van der Waals surface area contributed by atoms with E-state index in [4.69, 9.17) is 4.42 Å². The fourth-order valence-electron chi connectivity index (χ4n) is 4.58. The molecule has 2 aliphatic rings. The van der Waals surface area contributed by atoms with Crippen LogP contribution in [0.4, 0.5) is 0 Å². The molecule has 8 nitrogen and oxygen atoms in total. The first-order valence-corrected chi connectivity index (χ1v) is 11.2. The molecular weight excluding hydrogens is 392 g/mol. The second-order valence-corrected chi connectivity index (χ2v) is 8.26.